The second-order valence-electron chi connectivity index (χ2n) is 7.55. The minimum atomic E-state index is 0.707. The van der Waals surface area contributed by atoms with Crippen LogP contribution in [0.15, 0.2) is 91.1 Å². The van der Waals surface area contributed by atoms with Crippen molar-refractivity contribution in [2.45, 2.75) is 32.7 Å². The van der Waals surface area contributed by atoms with Crippen LogP contribution >= 0.6 is 0 Å². The van der Waals surface area contributed by atoms with E-state index >= 15 is 0 Å². The van der Waals surface area contributed by atoms with Gasteiger partial charge in [-0.15, -0.1) is 0 Å². The first-order valence-electron chi connectivity index (χ1n) is 10.7. The number of hydrogen-bond donors (Lipinski definition) is 0. The summed E-state index contributed by atoms with van der Waals surface area (Å²) in [5.74, 6) is 0. The third-order valence-corrected chi connectivity index (χ3v) is 5.55. The third kappa shape index (κ3) is 3.93. The van der Waals surface area contributed by atoms with Gasteiger partial charge in [0.25, 0.3) is 0 Å². The minimum absolute atomic E-state index is 0.707. The van der Waals surface area contributed by atoms with Crippen LogP contribution in [0.1, 0.15) is 42.9 Å². The fraction of sp³-hybridized carbons (Fsp3) is 0.179. The minimum Gasteiger partial charge on any atom is -0.347 e. The van der Waals surface area contributed by atoms with Crippen molar-refractivity contribution in [1.29, 1.82) is 5.26 Å². The molecule has 3 aromatic carbocycles. The van der Waals surface area contributed by atoms with Gasteiger partial charge in [0.05, 0.1) is 5.57 Å². The summed E-state index contributed by atoms with van der Waals surface area (Å²) in [4.78, 5) is 0. The molecule has 0 radical (unpaired) electrons. The molecule has 2 nitrogen and oxygen atoms in total. The first-order chi connectivity index (χ1) is 14.8. The van der Waals surface area contributed by atoms with Gasteiger partial charge in [-0.3, -0.25) is 0 Å². The highest BCUT2D eigenvalue weighted by Gasteiger charge is 2.18. The standard InChI is InChI=1S/C28H26N2/c1-2-3-12-19-30-21-26(24-17-10-11-18-27(24)30)28(23-15-8-5-9-16-23)25(20-29)22-13-6-4-7-14-22/h4-11,13-18,21H,2-3,12,19H2,1H3/b28-25+. The largest absolute Gasteiger partial charge is 0.347 e. The molecule has 0 aliphatic carbocycles. The first-order valence-corrected chi connectivity index (χ1v) is 10.7. The van der Waals surface area contributed by atoms with Gasteiger partial charge in [-0.05, 0) is 23.6 Å². The molecule has 0 aliphatic heterocycles. The van der Waals surface area contributed by atoms with E-state index in [1.165, 1.54) is 23.7 Å². The highest BCUT2D eigenvalue weighted by atomic mass is 15.0. The number of unbranched alkanes of at least 4 members (excludes halogenated alkanes) is 2. The van der Waals surface area contributed by atoms with Crippen molar-refractivity contribution in [2.75, 3.05) is 0 Å². The zero-order chi connectivity index (χ0) is 20.8. The van der Waals surface area contributed by atoms with Crippen molar-refractivity contribution in [1.82, 2.24) is 4.57 Å². The topological polar surface area (TPSA) is 28.7 Å². The van der Waals surface area contributed by atoms with Crippen LogP contribution in [0.4, 0.5) is 0 Å². The molecule has 0 atom stereocenters. The Morgan fingerprint density at radius 3 is 2.10 bits per heavy atom. The Bertz CT molecular complexity index is 1190. The Labute approximate surface area is 178 Å². The van der Waals surface area contributed by atoms with Crippen molar-refractivity contribution in [3.8, 4) is 6.07 Å². The Hall–Kier alpha value is -3.57. The van der Waals surface area contributed by atoms with Crippen LogP contribution in [0.25, 0.3) is 22.0 Å². The van der Waals surface area contributed by atoms with E-state index in [4.69, 9.17) is 0 Å². The summed E-state index contributed by atoms with van der Waals surface area (Å²) in [6.07, 6.45) is 5.82. The number of rotatable bonds is 7. The number of nitriles is 1. The molecule has 0 bridgehead atoms. The fourth-order valence-electron chi connectivity index (χ4n) is 4.07. The smallest absolute Gasteiger partial charge is 0.100 e. The van der Waals surface area contributed by atoms with Crippen molar-refractivity contribution in [3.05, 3.63) is 108 Å². The lowest BCUT2D eigenvalue weighted by Crippen LogP contribution is -1.96. The molecule has 30 heavy (non-hydrogen) atoms. The molecule has 148 valence electrons. The zero-order valence-corrected chi connectivity index (χ0v) is 17.4. The predicted octanol–water partition coefficient (Wildman–Crippen LogP) is 7.31. The Balaban J connectivity index is 1.99. The van der Waals surface area contributed by atoms with Crippen LogP contribution in [0, 0.1) is 11.3 Å². The number of allylic oxidation sites excluding steroid dienone is 1. The monoisotopic (exact) mass is 390 g/mol. The van der Waals surface area contributed by atoms with Crippen LogP contribution in [0.2, 0.25) is 0 Å². The molecule has 0 aliphatic rings. The molecule has 1 aromatic heterocycles. The van der Waals surface area contributed by atoms with Gasteiger partial charge in [0.2, 0.25) is 0 Å². The van der Waals surface area contributed by atoms with Crippen LogP contribution in [-0.2, 0) is 6.54 Å². The van der Waals surface area contributed by atoms with E-state index < -0.39 is 0 Å². The SMILES string of the molecule is CCCCCn1cc(/C(=C(\C#N)c2ccccc2)c2ccccc2)c2ccccc21. The summed E-state index contributed by atoms with van der Waals surface area (Å²) in [7, 11) is 0. The van der Waals surface area contributed by atoms with Crippen LogP contribution in [-0.4, -0.2) is 4.57 Å². The Kier molecular flexibility index (Phi) is 6.11. The molecule has 0 N–H and O–H groups in total. The van der Waals surface area contributed by atoms with Crippen molar-refractivity contribution < 1.29 is 0 Å². The van der Waals surface area contributed by atoms with Crippen LogP contribution in [0.5, 0.6) is 0 Å². The quantitative estimate of drug-likeness (QED) is 0.185. The summed E-state index contributed by atoms with van der Waals surface area (Å²) < 4.78 is 2.35. The molecule has 4 rings (SSSR count). The fourth-order valence-corrected chi connectivity index (χ4v) is 4.07. The molecule has 0 saturated carbocycles. The van der Waals surface area contributed by atoms with Gasteiger partial charge < -0.3 is 4.57 Å². The lowest BCUT2D eigenvalue weighted by molar-refractivity contribution is 0.616. The highest BCUT2D eigenvalue weighted by Crippen LogP contribution is 2.37. The summed E-state index contributed by atoms with van der Waals surface area (Å²) in [6.45, 7) is 3.22. The Morgan fingerprint density at radius 2 is 1.43 bits per heavy atom. The number of aryl methyl sites for hydroxylation is 1. The summed E-state index contributed by atoms with van der Waals surface area (Å²) in [5, 5.41) is 11.4. The van der Waals surface area contributed by atoms with E-state index in [9.17, 15) is 5.26 Å². The van der Waals surface area contributed by atoms with E-state index in [1.807, 2.05) is 48.5 Å². The second kappa shape index (κ2) is 9.29. The van der Waals surface area contributed by atoms with Gasteiger partial charge in [-0.2, -0.15) is 5.26 Å². The molecule has 0 saturated heterocycles. The maximum Gasteiger partial charge on any atom is 0.100 e. The summed E-state index contributed by atoms with van der Waals surface area (Å²) in [5.41, 5.74) is 6.06. The van der Waals surface area contributed by atoms with E-state index in [1.54, 1.807) is 0 Å². The third-order valence-electron chi connectivity index (χ3n) is 5.55. The first kappa shape index (κ1) is 19.7. The molecule has 2 heteroatoms. The number of para-hydroxylation sites is 1. The number of benzene rings is 3. The van der Waals surface area contributed by atoms with Crippen molar-refractivity contribution in [3.63, 3.8) is 0 Å². The molecule has 0 fully saturated rings. The number of aromatic nitrogens is 1. The van der Waals surface area contributed by atoms with Gasteiger partial charge >= 0.3 is 0 Å². The average molecular weight is 391 g/mol. The lowest BCUT2D eigenvalue weighted by atomic mass is 9.90. The molecule has 4 aromatic rings. The second-order valence-corrected chi connectivity index (χ2v) is 7.55. The summed E-state index contributed by atoms with van der Waals surface area (Å²) in [6, 6.07) is 31.3. The van der Waals surface area contributed by atoms with Gasteiger partial charge in [0, 0.05) is 34.8 Å². The van der Waals surface area contributed by atoms with Gasteiger partial charge in [-0.25, -0.2) is 0 Å². The van der Waals surface area contributed by atoms with Gasteiger partial charge in [0.1, 0.15) is 6.07 Å². The number of fused-ring (bicyclic) bond motifs is 1. The van der Waals surface area contributed by atoms with Crippen molar-refractivity contribution >= 4 is 22.0 Å². The molecular weight excluding hydrogens is 364 g/mol. The molecule has 0 amide bonds. The van der Waals surface area contributed by atoms with Gasteiger partial charge in [-0.1, -0.05) is 98.6 Å². The summed E-state index contributed by atoms with van der Waals surface area (Å²) >= 11 is 0. The van der Waals surface area contributed by atoms with Gasteiger partial charge in [0.15, 0.2) is 0 Å². The maximum absolute atomic E-state index is 10.2. The average Bonchev–Trinajstić information content (AvgIpc) is 3.17. The highest BCUT2D eigenvalue weighted by molar-refractivity contribution is 6.09. The van der Waals surface area contributed by atoms with E-state index in [0.29, 0.717) is 5.57 Å². The number of hydrogen-bond acceptors (Lipinski definition) is 1. The molecule has 0 unspecified atom stereocenters. The van der Waals surface area contributed by atoms with Crippen LogP contribution in [0.3, 0.4) is 0 Å². The maximum atomic E-state index is 10.2. The van der Waals surface area contributed by atoms with Crippen molar-refractivity contribution in [2.24, 2.45) is 0 Å². The molecule has 0 spiro atoms. The molecular formula is C28H26N2. The Morgan fingerprint density at radius 1 is 0.800 bits per heavy atom. The molecule has 1 heterocycles. The van der Waals surface area contributed by atoms with E-state index in [0.717, 1.165) is 35.2 Å². The van der Waals surface area contributed by atoms with E-state index in [-0.39, 0.29) is 0 Å². The van der Waals surface area contributed by atoms with E-state index in [2.05, 4.69) is 60.2 Å². The zero-order valence-electron chi connectivity index (χ0n) is 17.4. The predicted molar refractivity (Wildman–Crippen MR) is 126 cm³/mol. The number of nitrogens with zero attached hydrogens (tertiary/aromatic N) is 2. The van der Waals surface area contributed by atoms with Crippen LogP contribution < -0.4 is 0 Å². The lowest BCUT2D eigenvalue weighted by Gasteiger charge is -2.11. The normalized spacial score (nSPS) is 11.9.